The van der Waals surface area contributed by atoms with E-state index in [2.05, 4.69) is 11.9 Å². The maximum absolute atomic E-state index is 2.50. The summed E-state index contributed by atoms with van der Waals surface area (Å²) in [6.45, 7) is 2.76. The van der Waals surface area contributed by atoms with E-state index in [1.807, 2.05) is 0 Å². The number of fused-ring (bicyclic) bond motifs is 1. The molecular weight excluding hydrogens is 122 g/mol. The Morgan fingerprint density at radius 2 is 1.50 bits per heavy atom. The summed E-state index contributed by atoms with van der Waals surface area (Å²) >= 11 is 0. The molecule has 1 heterocycles. The molecule has 2 rings (SSSR count). The fraction of sp³-hybridized carbons (Fsp3) is 1.00. The molecule has 2 atom stereocenters. The maximum Gasteiger partial charge on any atom is 0.000985 e. The molecule has 1 nitrogen and oxygen atoms in total. The lowest BCUT2D eigenvalue weighted by molar-refractivity contribution is 0.299. The highest BCUT2D eigenvalue weighted by Gasteiger charge is 2.31. The number of nitrogens with zero attached hydrogens (tertiary/aromatic N) is 1. The average Bonchev–Trinajstić information content (AvgIpc) is 2.27. The summed E-state index contributed by atoms with van der Waals surface area (Å²) in [5, 5.41) is 0. The lowest BCUT2D eigenvalue weighted by Crippen LogP contribution is -2.16. The summed E-state index contributed by atoms with van der Waals surface area (Å²) in [5.74, 6) is 2.14. The van der Waals surface area contributed by atoms with E-state index in [-0.39, 0.29) is 0 Å². The van der Waals surface area contributed by atoms with Gasteiger partial charge in [-0.25, -0.2) is 0 Å². The Balaban J connectivity index is 1.97. The second-order valence-electron chi connectivity index (χ2n) is 4.03. The third kappa shape index (κ3) is 1.07. The average molecular weight is 139 g/mol. The quantitative estimate of drug-likeness (QED) is 0.494. The molecule has 1 saturated carbocycles. The van der Waals surface area contributed by atoms with E-state index in [0.717, 1.165) is 11.8 Å². The van der Waals surface area contributed by atoms with Gasteiger partial charge in [0.05, 0.1) is 0 Å². The lowest BCUT2D eigenvalue weighted by atomic mass is 9.82. The number of likely N-dealkylation sites (tertiary alicyclic amines) is 1. The summed E-state index contributed by atoms with van der Waals surface area (Å²) in [7, 11) is 2.26. The fourth-order valence-corrected chi connectivity index (χ4v) is 2.64. The van der Waals surface area contributed by atoms with Crippen molar-refractivity contribution in [3.8, 4) is 0 Å². The molecule has 0 bridgehead atoms. The normalized spacial score (nSPS) is 41.7. The van der Waals surface area contributed by atoms with Crippen LogP contribution in [0.3, 0.4) is 0 Å². The van der Waals surface area contributed by atoms with Crippen LogP contribution in [-0.2, 0) is 0 Å². The third-order valence-corrected chi connectivity index (χ3v) is 3.16. The number of hydrogen-bond donors (Lipinski definition) is 0. The molecule has 58 valence electrons. The molecule has 0 N–H and O–H groups in total. The molecule has 0 unspecified atom stereocenters. The molecule has 1 aliphatic heterocycles. The van der Waals surface area contributed by atoms with E-state index < -0.39 is 0 Å². The number of hydrogen-bond acceptors (Lipinski definition) is 1. The highest BCUT2D eigenvalue weighted by atomic mass is 15.1. The predicted molar refractivity (Wildman–Crippen MR) is 42.9 cm³/mol. The Labute approximate surface area is 63.4 Å². The smallest absolute Gasteiger partial charge is 0.000985 e. The zero-order chi connectivity index (χ0) is 6.97. The summed E-state index contributed by atoms with van der Waals surface area (Å²) in [6, 6.07) is 0. The van der Waals surface area contributed by atoms with Crippen LogP contribution in [0.5, 0.6) is 0 Å². The summed E-state index contributed by atoms with van der Waals surface area (Å²) in [4.78, 5) is 2.50. The van der Waals surface area contributed by atoms with Crippen LogP contribution in [0, 0.1) is 11.8 Å². The zero-order valence-electron chi connectivity index (χ0n) is 6.84. The minimum absolute atomic E-state index is 1.07. The topological polar surface area (TPSA) is 3.24 Å². The molecule has 1 saturated heterocycles. The largest absolute Gasteiger partial charge is 0.306 e. The minimum Gasteiger partial charge on any atom is -0.306 e. The van der Waals surface area contributed by atoms with Crippen LogP contribution in [0.4, 0.5) is 0 Å². The van der Waals surface area contributed by atoms with E-state index in [1.165, 1.54) is 38.8 Å². The Morgan fingerprint density at radius 1 is 1.00 bits per heavy atom. The van der Waals surface area contributed by atoms with Gasteiger partial charge >= 0.3 is 0 Å². The first-order valence-corrected chi connectivity index (χ1v) is 4.55. The molecule has 2 fully saturated rings. The lowest BCUT2D eigenvalue weighted by Gasteiger charge is -2.23. The van der Waals surface area contributed by atoms with E-state index in [0.29, 0.717) is 0 Å². The van der Waals surface area contributed by atoms with Gasteiger partial charge in [0.15, 0.2) is 0 Å². The summed E-state index contributed by atoms with van der Waals surface area (Å²) in [5.41, 5.74) is 0. The van der Waals surface area contributed by atoms with Crippen molar-refractivity contribution in [2.24, 2.45) is 11.8 Å². The fourth-order valence-electron chi connectivity index (χ4n) is 2.64. The van der Waals surface area contributed by atoms with Crippen molar-refractivity contribution in [2.45, 2.75) is 25.7 Å². The molecule has 0 aromatic heterocycles. The molecule has 0 spiro atoms. The molecule has 1 aliphatic carbocycles. The molecule has 0 radical (unpaired) electrons. The van der Waals surface area contributed by atoms with Gasteiger partial charge in [-0.3, -0.25) is 0 Å². The van der Waals surface area contributed by atoms with Crippen LogP contribution < -0.4 is 0 Å². The molecular formula is C9H17N. The van der Waals surface area contributed by atoms with Crippen molar-refractivity contribution in [3.05, 3.63) is 0 Å². The van der Waals surface area contributed by atoms with Gasteiger partial charge in [-0.1, -0.05) is 12.8 Å². The highest BCUT2D eigenvalue weighted by Crippen LogP contribution is 2.34. The van der Waals surface area contributed by atoms with Crippen molar-refractivity contribution in [3.63, 3.8) is 0 Å². The monoisotopic (exact) mass is 139 g/mol. The van der Waals surface area contributed by atoms with Gasteiger partial charge in [0.1, 0.15) is 0 Å². The molecule has 0 aromatic rings. The van der Waals surface area contributed by atoms with Crippen molar-refractivity contribution in [1.82, 2.24) is 4.90 Å². The highest BCUT2D eigenvalue weighted by molar-refractivity contribution is 4.84. The van der Waals surface area contributed by atoms with E-state index in [4.69, 9.17) is 0 Å². The van der Waals surface area contributed by atoms with Crippen LogP contribution in [0.15, 0.2) is 0 Å². The minimum atomic E-state index is 1.07. The second kappa shape index (κ2) is 2.54. The zero-order valence-corrected chi connectivity index (χ0v) is 6.84. The summed E-state index contributed by atoms with van der Waals surface area (Å²) < 4.78 is 0. The number of rotatable bonds is 0. The van der Waals surface area contributed by atoms with Crippen LogP contribution in [0.2, 0.25) is 0 Å². The Kier molecular flexibility index (Phi) is 1.69. The first-order valence-electron chi connectivity index (χ1n) is 4.55. The standard InChI is InChI=1S/C9H17N/c1-10-6-8-4-2-3-5-9(8)7-10/h8-9H,2-7H2,1H3/t8-,9-/m0/s1. The van der Waals surface area contributed by atoms with Crippen LogP contribution >= 0.6 is 0 Å². The first-order chi connectivity index (χ1) is 4.86. The van der Waals surface area contributed by atoms with Crippen LogP contribution in [0.1, 0.15) is 25.7 Å². The van der Waals surface area contributed by atoms with Gasteiger partial charge in [0.25, 0.3) is 0 Å². The van der Waals surface area contributed by atoms with Crippen molar-refractivity contribution >= 4 is 0 Å². The van der Waals surface area contributed by atoms with Crippen molar-refractivity contribution < 1.29 is 0 Å². The van der Waals surface area contributed by atoms with Gasteiger partial charge in [-0.15, -0.1) is 0 Å². The van der Waals surface area contributed by atoms with Gasteiger partial charge < -0.3 is 4.90 Å². The molecule has 2 aliphatic rings. The van der Waals surface area contributed by atoms with Crippen LogP contribution in [-0.4, -0.2) is 25.0 Å². The Bertz CT molecular complexity index is 108. The van der Waals surface area contributed by atoms with Crippen molar-refractivity contribution in [1.29, 1.82) is 0 Å². The van der Waals surface area contributed by atoms with Gasteiger partial charge in [0.2, 0.25) is 0 Å². The van der Waals surface area contributed by atoms with Crippen molar-refractivity contribution in [2.75, 3.05) is 20.1 Å². The first kappa shape index (κ1) is 6.66. The van der Waals surface area contributed by atoms with E-state index in [1.54, 1.807) is 0 Å². The SMILES string of the molecule is CN1C[C@@H]2CCCC[C@H]2C1. The van der Waals surface area contributed by atoms with E-state index >= 15 is 0 Å². The maximum atomic E-state index is 2.50. The van der Waals surface area contributed by atoms with Gasteiger partial charge in [0, 0.05) is 13.1 Å². The molecule has 1 heteroatoms. The van der Waals surface area contributed by atoms with E-state index in [9.17, 15) is 0 Å². The second-order valence-corrected chi connectivity index (χ2v) is 4.03. The molecule has 0 amide bonds. The summed E-state index contributed by atoms with van der Waals surface area (Å²) in [6.07, 6.45) is 6.01. The molecule has 0 aromatic carbocycles. The Hall–Kier alpha value is -0.0400. The third-order valence-electron chi connectivity index (χ3n) is 3.16. The van der Waals surface area contributed by atoms with Gasteiger partial charge in [-0.05, 0) is 31.7 Å². The predicted octanol–water partition coefficient (Wildman–Crippen LogP) is 1.74. The molecule has 10 heavy (non-hydrogen) atoms. The Morgan fingerprint density at radius 3 is 2.00 bits per heavy atom. The van der Waals surface area contributed by atoms with Gasteiger partial charge in [-0.2, -0.15) is 0 Å². The van der Waals surface area contributed by atoms with Crippen LogP contribution in [0.25, 0.3) is 0 Å².